The fourth-order valence-electron chi connectivity index (χ4n) is 1.03. The Morgan fingerprint density at radius 2 is 2.06 bits per heavy atom. The Morgan fingerprint density at radius 1 is 1.47 bits per heavy atom. The summed E-state index contributed by atoms with van der Waals surface area (Å²) in [6, 6.07) is 9.36. The quantitative estimate of drug-likeness (QED) is 0.441. The molecule has 0 fully saturated rings. The Kier molecular flexibility index (Phi) is 6.98. The summed E-state index contributed by atoms with van der Waals surface area (Å²) in [6.07, 6.45) is 2.79. The molecule has 1 rings (SSSR count). The third kappa shape index (κ3) is 5.27. The van der Waals surface area contributed by atoms with E-state index in [-0.39, 0.29) is 21.1 Å². The third-order valence-electron chi connectivity index (χ3n) is 1.92. The van der Waals surface area contributed by atoms with Gasteiger partial charge >= 0.3 is 27.0 Å². The van der Waals surface area contributed by atoms with Gasteiger partial charge in [0.05, 0.1) is 6.61 Å². The van der Waals surface area contributed by atoms with Crippen molar-refractivity contribution in [3.05, 3.63) is 42.8 Å². The van der Waals surface area contributed by atoms with Gasteiger partial charge in [-0.25, -0.2) is 0 Å². The van der Waals surface area contributed by atoms with Crippen molar-refractivity contribution >= 4 is 12.2 Å². The molecule has 1 aromatic rings. The summed E-state index contributed by atoms with van der Waals surface area (Å²) in [4.78, 5) is 15.5. The van der Waals surface area contributed by atoms with Crippen LogP contribution in [0.2, 0.25) is 0 Å². The van der Waals surface area contributed by atoms with Gasteiger partial charge in [-0.05, 0) is 6.92 Å². The fraction of sp³-hybridized carbons (Fsp3) is 0.308. The average molecular weight is 401 g/mol. The van der Waals surface area contributed by atoms with Crippen molar-refractivity contribution in [2.24, 2.45) is 4.99 Å². The van der Waals surface area contributed by atoms with Crippen molar-refractivity contribution in [1.29, 1.82) is 0 Å². The van der Waals surface area contributed by atoms with Crippen LogP contribution in [0.4, 0.5) is 0 Å². The number of benzene rings is 1. The third-order valence-corrected chi connectivity index (χ3v) is 1.92. The Labute approximate surface area is 117 Å². The van der Waals surface area contributed by atoms with Crippen molar-refractivity contribution in [2.45, 2.75) is 19.4 Å². The molecule has 0 saturated heterocycles. The van der Waals surface area contributed by atoms with Crippen LogP contribution in [0.5, 0.6) is 0 Å². The van der Waals surface area contributed by atoms with Crippen molar-refractivity contribution in [2.75, 3.05) is 6.61 Å². The average Bonchev–Trinajstić information content (AvgIpc) is 2.28. The number of hydrogen-bond donors (Lipinski definition) is 0. The van der Waals surface area contributed by atoms with E-state index in [1.807, 2.05) is 30.3 Å². The van der Waals surface area contributed by atoms with E-state index in [0.717, 1.165) is 5.56 Å². The molecule has 0 saturated carbocycles. The van der Waals surface area contributed by atoms with E-state index >= 15 is 0 Å². The predicted octanol–water partition coefficient (Wildman–Crippen LogP) is 2.14. The van der Waals surface area contributed by atoms with E-state index in [0.29, 0.717) is 6.61 Å². The maximum absolute atomic E-state index is 11.5. The molecule has 0 aliphatic carbocycles. The first-order chi connectivity index (χ1) is 7.56. The van der Waals surface area contributed by atoms with Gasteiger partial charge in [-0.1, -0.05) is 19.2 Å². The summed E-state index contributed by atoms with van der Waals surface area (Å²) in [5, 5.41) is 0. The minimum Gasteiger partial charge on any atom is -0.466 e. The fourth-order valence-corrected chi connectivity index (χ4v) is 1.03. The Balaban J connectivity index is 0.00000256. The smallest absolute Gasteiger partial charge is 0.466 e. The van der Waals surface area contributed by atoms with Crippen molar-refractivity contribution < 1.29 is 30.6 Å². The molecule has 17 heavy (non-hydrogen) atoms. The van der Waals surface area contributed by atoms with E-state index in [9.17, 15) is 4.79 Å². The molecule has 1 unspecified atom stereocenters. The normalized spacial score (nSPS) is 13.8. The SMILES string of the molecule is [CH2-]C(C)(N=[C-]c1ccccc1)C(=O)OCC.[W+2]. The summed E-state index contributed by atoms with van der Waals surface area (Å²) in [5.41, 5.74) is -0.326. The van der Waals surface area contributed by atoms with Crippen LogP contribution in [0.1, 0.15) is 19.4 Å². The Hall–Kier alpha value is -0.952. The van der Waals surface area contributed by atoms with Crippen molar-refractivity contribution in [1.82, 2.24) is 0 Å². The Bertz CT molecular complexity index is 374. The molecular formula is C13H15NO2W. The Morgan fingerprint density at radius 3 is 2.59 bits per heavy atom. The summed E-state index contributed by atoms with van der Waals surface area (Å²) in [7, 11) is 0. The molecule has 1 atom stereocenters. The summed E-state index contributed by atoms with van der Waals surface area (Å²) in [6.45, 7) is 7.37. The van der Waals surface area contributed by atoms with Crippen LogP contribution in [-0.2, 0) is 30.6 Å². The van der Waals surface area contributed by atoms with Crippen LogP contribution in [0, 0.1) is 6.92 Å². The number of ether oxygens (including phenoxy) is 1. The van der Waals surface area contributed by atoms with Crippen LogP contribution in [-0.4, -0.2) is 24.3 Å². The largest absolute Gasteiger partial charge is 2.00 e. The zero-order valence-electron chi connectivity index (χ0n) is 9.97. The standard InChI is InChI=1S/C13H15NO2.W/c1-4-16-12(15)13(2,3)14-10-11-8-6-5-7-9-11;/h5-9H,2,4H2,1,3H3;/q-2;+2. The van der Waals surface area contributed by atoms with E-state index in [4.69, 9.17) is 4.74 Å². The summed E-state index contributed by atoms with van der Waals surface area (Å²) in [5.74, 6) is -0.446. The van der Waals surface area contributed by atoms with Gasteiger partial charge in [-0.3, -0.25) is 4.79 Å². The first-order valence-corrected chi connectivity index (χ1v) is 5.12. The van der Waals surface area contributed by atoms with Gasteiger partial charge in [0.25, 0.3) is 0 Å². The first-order valence-electron chi connectivity index (χ1n) is 5.12. The molecule has 0 aliphatic rings. The molecule has 90 valence electrons. The van der Waals surface area contributed by atoms with Crippen LogP contribution < -0.4 is 0 Å². The molecule has 1 aromatic carbocycles. The second-order valence-electron chi connectivity index (χ2n) is 3.58. The van der Waals surface area contributed by atoms with Crippen LogP contribution in [0.3, 0.4) is 0 Å². The molecule has 0 N–H and O–H groups in total. The van der Waals surface area contributed by atoms with E-state index < -0.39 is 11.5 Å². The van der Waals surface area contributed by atoms with Crippen molar-refractivity contribution in [3.8, 4) is 0 Å². The summed E-state index contributed by atoms with van der Waals surface area (Å²) >= 11 is 0. The van der Waals surface area contributed by atoms with Gasteiger partial charge < -0.3 is 16.7 Å². The van der Waals surface area contributed by atoms with E-state index in [1.165, 1.54) is 0 Å². The number of carbonyl (C=O) groups excluding carboxylic acids is 1. The van der Waals surface area contributed by atoms with Crippen LogP contribution >= 0.6 is 0 Å². The number of esters is 1. The molecule has 0 heterocycles. The van der Waals surface area contributed by atoms with Gasteiger partial charge in [0.2, 0.25) is 0 Å². The molecule has 0 aromatic heterocycles. The number of nitrogens with zero attached hydrogens (tertiary/aromatic N) is 1. The monoisotopic (exact) mass is 401 g/mol. The maximum Gasteiger partial charge on any atom is 2.00 e. The van der Waals surface area contributed by atoms with Crippen molar-refractivity contribution in [3.63, 3.8) is 0 Å². The number of hydrogen-bond acceptors (Lipinski definition) is 3. The van der Waals surface area contributed by atoms with Crippen LogP contribution in [0.25, 0.3) is 0 Å². The van der Waals surface area contributed by atoms with Gasteiger partial charge in [0.15, 0.2) is 0 Å². The van der Waals surface area contributed by atoms with Gasteiger partial charge in [0.1, 0.15) is 0 Å². The molecule has 4 heteroatoms. The number of aliphatic imine (C=N–C) groups is 1. The predicted molar refractivity (Wildman–Crippen MR) is 63.4 cm³/mol. The molecule has 0 radical (unpaired) electrons. The minimum absolute atomic E-state index is 0. The first kappa shape index (κ1) is 16.0. The van der Waals surface area contributed by atoms with E-state index in [1.54, 1.807) is 13.8 Å². The topological polar surface area (TPSA) is 38.7 Å². The summed E-state index contributed by atoms with van der Waals surface area (Å²) < 4.78 is 4.86. The number of carbonyl (C=O) groups is 1. The molecule has 0 bridgehead atoms. The van der Waals surface area contributed by atoms with E-state index in [2.05, 4.69) is 18.1 Å². The van der Waals surface area contributed by atoms with Crippen LogP contribution in [0.15, 0.2) is 35.3 Å². The molecule has 0 spiro atoms. The van der Waals surface area contributed by atoms with Gasteiger partial charge in [-0.15, -0.1) is 12.1 Å². The van der Waals surface area contributed by atoms with Gasteiger partial charge in [0, 0.05) is 5.54 Å². The number of rotatable bonds is 4. The molecular weight excluding hydrogens is 386 g/mol. The second kappa shape index (κ2) is 7.39. The zero-order chi connectivity index (χ0) is 12.0. The minimum atomic E-state index is -1.13. The zero-order valence-corrected chi connectivity index (χ0v) is 12.9. The van der Waals surface area contributed by atoms with Gasteiger partial charge in [-0.2, -0.15) is 17.7 Å². The molecule has 3 nitrogen and oxygen atoms in total. The maximum atomic E-state index is 11.5. The second-order valence-corrected chi connectivity index (χ2v) is 3.58. The molecule has 0 amide bonds. The molecule has 0 aliphatic heterocycles.